The van der Waals surface area contributed by atoms with Gasteiger partial charge >= 0.3 is 0 Å². The Morgan fingerprint density at radius 2 is 2.00 bits per heavy atom. The molecule has 21 heavy (non-hydrogen) atoms. The molecule has 1 unspecified atom stereocenters. The monoisotopic (exact) mass is 290 g/mol. The number of nitrogens with zero attached hydrogens (tertiary/aromatic N) is 1. The number of methoxy groups -OCH3 is 1. The van der Waals surface area contributed by atoms with Crippen molar-refractivity contribution in [1.82, 2.24) is 10.2 Å². The van der Waals surface area contributed by atoms with Gasteiger partial charge in [-0.2, -0.15) is 0 Å². The number of ether oxygens (including phenoxy) is 1. The highest BCUT2D eigenvalue weighted by molar-refractivity contribution is 5.28. The third-order valence-corrected chi connectivity index (χ3v) is 4.21. The second-order valence-corrected chi connectivity index (χ2v) is 6.44. The number of hydrogen-bond donors (Lipinski definition) is 1. The van der Waals surface area contributed by atoms with Crippen LogP contribution in [0.15, 0.2) is 18.2 Å². The predicted octanol–water partition coefficient (Wildman–Crippen LogP) is 2.75. The van der Waals surface area contributed by atoms with Crippen LogP contribution < -0.4 is 5.32 Å². The summed E-state index contributed by atoms with van der Waals surface area (Å²) < 4.78 is 5.08. The number of likely N-dealkylation sites (tertiary alicyclic amines) is 1. The topological polar surface area (TPSA) is 24.5 Å². The fourth-order valence-electron chi connectivity index (χ4n) is 3.36. The van der Waals surface area contributed by atoms with Gasteiger partial charge in [-0.25, -0.2) is 0 Å². The second-order valence-electron chi connectivity index (χ2n) is 6.44. The van der Waals surface area contributed by atoms with E-state index < -0.39 is 0 Å². The van der Waals surface area contributed by atoms with Crippen LogP contribution in [-0.2, 0) is 11.3 Å². The Balaban J connectivity index is 1.80. The first-order valence-corrected chi connectivity index (χ1v) is 8.16. The fraction of sp³-hybridized carbons (Fsp3) is 0.667. The summed E-state index contributed by atoms with van der Waals surface area (Å²) in [5, 5.41) is 3.51. The molecule has 1 saturated heterocycles. The van der Waals surface area contributed by atoms with Crippen LogP contribution in [0.5, 0.6) is 0 Å². The smallest absolute Gasteiger partial charge is 0.0587 e. The molecule has 1 aromatic rings. The molecule has 0 radical (unpaired) electrons. The van der Waals surface area contributed by atoms with Gasteiger partial charge in [-0.15, -0.1) is 0 Å². The zero-order chi connectivity index (χ0) is 15.1. The summed E-state index contributed by atoms with van der Waals surface area (Å²) in [5.41, 5.74) is 4.21. The zero-order valence-corrected chi connectivity index (χ0v) is 13.8. The van der Waals surface area contributed by atoms with Gasteiger partial charge in [-0.05, 0) is 51.3 Å². The number of benzene rings is 1. The van der Waals surface area contributed by atoms with Crippen LogP contribution in [0.4, 0.5) is 0 Å². The van der Waals surface area contributed by atoms with E-state index in [1.54, 1.807) is 7.11 Å². The quantitative estimate of drug-likeness (QED) is 0.782. The summed E-state index contributed by atoms with van der Waals surface area (Å²) in [7, 11) is 1.76. The van der Waals surface area contributed by atoms with E-state index in [0.717, 1.165) is 32.2 Å². The Morgan fingerprint density at radius 3 is 2.71 bits per heavy atom. The van der Waals surface area contributed by atoms with E-state index in [1.165, 1.54) is 42.6 Å². The van der Waals surface area contributed by atoms with Gasteiger partial charge in [-0.1, -0.05) is 29.3 Å². The molecule has 1 fully saturated rings. The Bertz CT molecular complexity index is 413. The van der Waals surface area contributed by atoms with Crippen LogP contribution in [0.3, 0.4) is 0 Å². The van der Waals surface area contributed by atoms with Gasteiger partial charge in [0.15, 0.2) is 0 Å². The molecule has 1 aromatic carbocycles. The summed E-state index contributed by atoms with van der Waals surface area (Å²) in [5.74, 6) is 0.779. The molecule has 118 valence electrons. The molecule has 0 bridgehead atoms. The van der Waals surface area contributed by atoms with Crippen molar-refractivity contribution in [2.75, 3.05) is 39.9 Å². The molecule has 1 aliphatic rings. The van der Waals surface area contributed by atoms with Crippen molar-refractivity contribution in [1.29, 1.82) is 0 Å². The first kappa shape index (κ1) is 16.5. The molecule has 2 rings (SSSR count). The minimum atomic E-state index is 0.779. The van der Waals surface area contributed by atoms with Gasteiger partial charge in [0.25, 0.3) is 0 Å². The van der Waals surface area contributed by atoms with E-state index in [4.69, 9.17) is 4.74 Å². The summed E-state index contributed by atoms with van der Waals surface area (Å²) in [6.07, 6.45) is 2.67. The maximum Gasteiger partial charge on any atom is 0.0587 e. The zero-order valence-electron chi connectivity index (χ0n) is 13.8. The number of piperidine rings is 1. The van der Waals surface area contributed by atoms with Gasteiger partial charge in [0.1, 0.15) is 0 Å². The fourth-order valence-corrected chi connectivity index (χ4v) is 3.36. The second kappa shape index (κ2) is 8.52. The molecular weight excluding hydrogens is 260 g/mol. The Morgan fingerprint density at radius 1 is 1.24 bits per heavy atom. The number of nitrogens with one attached hydrogen (secondary N) is 1. The highest BCUT2D eigenvalue weighted by atomic mass is 16.5. The van der Waals surface area contributed by atoms with Crippen LogP contribution in [0.25, 0.3) is 0 Å². The first-order chi connectivity index (χ1) is 10.2. The lowest BCUT2D eigenvalue weighted by Crippen LogP contribution is -2.39. The van der Waals surface area contributed by atoms with Gasteiger partial charge in [0, 0.05) is 26.7 Å². The van der Waals surface area contributed by atoms with Crippen molar-refractivity contribution in [2.24, 2.45) is 5.92 Å². The molecule has 3 nitrogen and oxygen atoms in total. The van der Waals surface area contributed by atoms with Gasteiger partial charge in [0.05, 0.1) is 6.61 Å². The molecule has 1 aliphatic heterocycles. The molecule has 0 aromatic heterocycles. The summed E-state index contributed by atoms with van der Waals surface area (Å²) in [6, 6.07) is 6.91. The maximum absolute atomic E-state index is 5.08. The van der Waals surface area contributed by atoms with E-state index in [2.05, 4.69) is 42.3 Å². The molecule has 0 amide bonds. The van der Waals surface area contributed by atoms with E-state index in [9.17, 15) is 0 Å². The van der Waals surface area contributed by atoms with Crippen molar-refractivity contribution in [3.63, 3.8) is 0 Å². The minimum Gasteiger partial charge on any atom is -0.383 e. The van der Waals surface area contributed by atoms with E-state index in [-0.39, 0.29) is 0 Å². The van der Waals surface area contributed by atoms with Crippen molar-refractivity contribution < 1.29 is 4.74 Å². The normalized spacial score (nSPS) is 19.9. The highest BCUT2D eigenvalue weighted by Gasteiger charge is 2.19. The van der Waals surface area contributed by atoms with E-state index >= 15 is 0 Å². The molecule has 1 atom stereocenters. The molecular formula is C18H30N2O. The Labute approximate surface area is 129 Å². The Kier molecular flexibility index (Phi) is 6.68. The van der Waals surface area contributed by atoms with Crippen molar-refractivity contribution in [3.05, 3.63) is 34.9 Å². The van der Waals surface area contributed by atoms with Gasteiger partial charge in [-0.3, -0.25) is 4.90 Å². The standard InChI is InChI=1S/C18H30N2O/c1-15-9-16(2)11-18(10-15)14-20-7-4-5-17(13-20)12-19-6-8-21-3/h9-11,17,19H,4-8,12-14H2,1-3H3. The highest BCUT2D eigenvalue weighted by Crippen LogP contribution is 2.19. The maximum atomic E-state index is 5.08. The number of rotatable bonds is 7. The summed E-state index contributed by atoms with van der Waals surface area (Å²) in [6.45, 7) is 10.8. The molecule has 1 N–H and O–H groups in total. The predicted molar refractivity (Wildman–Crippen MR) is 88.7 cm³/mol. The lowest BCUT2D eigenvalue weighted by molar-refractivity contribution is 0.159. The third-order valence-electron chi connectivity index (χ3n) is 4.21. The van der Waals surface area contributed by atoms with Crippen LogP contribution >= 0.6 is 0 Å². The first-order valence-electron chi connectivity index (χ1n) is 8.16. The van der Waals surface area contributed by atoms with E-state index in [1.807, 2.05) is 0 Å². The van der Waals surface area contributed by atoms with Gasteiger partial charge in [0.2, 0.25) is 0 Å². The lowest BCUT2D eigenvalue weighted by Gasteiger charge is -2.33. The number of aryl methyl sites for hydroxylation is 2. The van der Waals surface area contributed by atoms with Crippen molar-refractivity contribution in [2.45, 2.75) is 33.2 Å². The van der Waals surface area contributed by atoms with Crippen LogP contribution in [0, 0.1) is 19.8 Å². The van der Waals surface area contributed by atoms with Crippen molar-refractivity contribution in [3.8, 4) is 0 Å². The molecule has 0 spiro atoms. The molecule has 1 heterocycles. The molecule has 0 saturated carbocycles. The average Bonchev–Trinajstić information content (AvgIpc) is 2.43. The van der Waals surface area contributed by atoms with Crippen molar-refractivity contribution >= 4 is 0 Å². The Hall–Kier alpha value is -0.900. The average molecular weight is 290 g/mol. The van der Waals surface area contributed by atoms with Crippen LogP contribution in [0.1, 0.15) is 29.5 Å². The largest absolute Gasteiger partial charge is 0.383 e. The van der Waals surface area contributed by atoms with Gasteiger partial charge < -0.3 is 10.1 Å². The summed E-state index contributed by atoms with van der Waals surface area (Å²) in [4.78, 5) is 2.61. The number of hydrogen-bond acceptors (Lipinski definition) is 3. The molecule has 0 aliphatic carbocycles. The SMILES string of the molecule is COCCNCC1CCCN(Cc2cc(C)cc(C)c2)C1. The summed E-state index contributed by atoms with van der Waals surface area (Å²) >= 11 is 0. The molecule has 3 heteroatoms. The minimum absolute atomic E-state index is 0.779. The van der Waals surface area contributed by atoms with E-state index in [0.29, 0.717) is 0 Å². The lowest BCUT2D eigenvalue weighted by atomic mass is 9.97. The van der Waals surface area contributed by atoms with Crippen LogP contribution in [-0.4, -0.2) is 44.8 Å². The van der Waals surface area contributed by atoms with Crippen LogP contribution in [0.2, 0.25) is 0 Å². The third kappa shape index (κ3) is 5.77.